The zero-order valence-corrected chi connectivity index (χ0v) is 14.2. The summed E-state index contributed by atoms with van der Waals surface area (Å²) in [6.45, 7) is 1.95. The van der Waals surface area contributed by atoms with Gasteiger partial charge in [-0.15, -0.1) is 10.2 Å². The summed E-state index contributed by atoms with van der Waals surface area (Å²) in [4.78, 5) is 13.2. The molecule has 1 aromatic carbocycles. The van der Waals surface area contributed by atoms with Crippen molar-refractivity contribution in [2.45, 2.75) is 24.4 Å². The number of benzene rings is 1. The first-order chi connectivity index (χ1) is 11.1. The molecule has 1 aliphatic heterocycles. The van der Waals surface area contributed by atoms with Crippen LogP contribution in [-0.2, 0) is 4.79 Å². The van der Waals surface area contributed by atoms with E-state index < -0.39 is 0 Å². The summed E-state index contributed by atoms with van der Waals surface area (Å²) in [6.07, 6.45) is 2.63. The van der Waals surface area contributed by atoms with E-state index >= 15 is 0 Å². The quantitative estimate of drug-likeness (QED) is 0.809. The van der Waals surface area contributed by atoms with Crippen molar-refractivity contribution in [1.82, 2.24) is 14.8 Å². The number of hydrogen-bond acceptors (Lipinski definition) is 5. The van der Waals surface area contributed by atoms with Gasteiger partial charge in [-0.1, -0.05) is 29.4 Å². The summed E-state index contributed by atoms with van der Waals surface area (Å²) in [5.41, 5.74) is 6.13. The highest BCUT2D eigenvalue weighted by atomic mass is 35.5. The van der Waals surface area contributed by atoms with Gasteiger partial charge in [0, 0.05) is 30.3 Å². The number of carbonyl (C=O) groups is 1. The molecule has 0 saturated carbocycles. The van der Waals surface area contributed by atoms with Crippen molar-refractivity contribution in [2.75, 3.05) is 23.7 Å². The molecular formula is C15H18ClN5OS. The van der Waals surface area contributed by atoms with E-state index in [1.165, 1.54) is 11.8 Å². The van der Waals surface area contributed by atoms with E-state index in [1.807, 2.05) is 28.8 Å². The third-order valence-corrected chi connectivity index (χ3v) is 4.82. The second-order valence-corrected chi connectivity index (χ2v) is 6.86. The highest BCUT2D eigenvalue weighted by Crippen LogP contribution is 2.29. The van der Waals surface area contributed by atoms with Crippen LogP contribution in [-0.4, -0.2) is 39.5 Å². The zero-order chi connectivity index (χ0) is 16.2. The van der Waals surface area contributed by atoms with Crippen LogP contribution in [0.4, 0.5) is 5.95 Å². The highest BCUT2D eigenvalue weighted by Gasteiger charge is 2.22. The minimum atomic E-state index is -0.314. The minimum Gasteiger partial charge on any atom is -0.370 e. The molecule has 0 unspecified atom stereocenters. The molecule has 1 amide bonds. The van der Waals surface area contributed by atoms with Crippen LogP contribution >= 0.6 is 23.4 Å². The van der Waals surface area contributed by atoms with E-state index in [0.717, 1.165) is 42.7 Å². The number of carbonyl (C=O) groups excluding carboxylic acids is 1. The molecule has 1 aromatic heterocycles. The van der Waals surface area contributed by atoms with E-state index in [1.54, 1.807) is 0 Å². The number of aromatic nitrogens is 3. The Morgan fingerprint density at radius 2 is 2.09 bits per heavy atom. The molecule has 2 heterocycles. The molecular weight excluding hydrogens is 334 g/mol. The third-order valence-electron chi connectivity index (χ3n) is 3.65. The van der Waals surface area contributed by atoms with Crippen LogP contribution < -0.4 is 10.6 Å². The number of primary amides is 1. The largest absolute Gasteiger partial charge is 0.370 e. The van der Waals surface area contributed by atoms with E-state index in [9.17, 15) is 4.79 Å². The monoisotopic (exact) mass is 351 g/mol. The van der Waals surface area contributed by atoms with Gasteiger partial charge < -0.3 is 10.6 Å². The standard InChI is InChI=1S/C15H18ClN5OS/c16-11-4-3-5-12(10-11)21-14(20-7-1-2-8-20)18-19-15(21)23-9-6-13(17)22/h3-5,10H,1-2,6-9H2,(H2,17,22). The Labute approximate surface area is 144 Å². The molecule has 0 bridgehead atoms. The number of anilines is 1. The maximum atomic E-state index is 10.9. The molecule has 0 aliphatic carbocycles. The highest BCUT2D eigenvalue weighted by molar-refractivity contribution is 7.99. The number of halogens is 1. The Hall–Kier alpha value is -1.73. The van der Waals surface area contributed by atoms with Gasteiger partial charge in [-0.25, -0.2) is 0 Å². The number of thioether (sulfide) groups is 1. The maximum absolute atomic E-state index is 10.9. The average Bonchev–Trinajstić information content (AvgIpc) is 3.15. The van der Waals surface area contributed by atoms with Gasteiger partial charge in [0.1, 0.15) is 0 Å². The van der Waals surface area contributed by atoms with E-state index in [2.05, 4.69) is 15.1 Å². The van der Waals surface area contributed by atoms with Gasteiger partial charge >= 0.3 is 0 Å². The fourth-order valence-corrected chi connectivity index (χ4v) is 3.65. The first-order valence-electron chi connectivity index (χ1n) is 7.52. The number of rotatable bonds is 6. The van der Waals surface area contributed by atoms with Gasteiger partial charge in [0.05, 0.1) is 5.69 Å². The van der Waals surface area contributed by atoms with Crippen molar-refractivity contribution in [1.29, 1.82) is 0 Å². The molecule has 8 heteroatoms. The van der Waals surface area contributed by atoms with Gasteiger partial charge in [0.15, 0.2) is 5.16 Å². The van der Waals surface area contributed by atoms with Crippen LogP contribution in [0.15, 0.2) is 29.4 Å². The predicted octanol–water partition coefficient (Wildman–Crippen LogP) is 2.49. The van der Waals surface area contributed by atoms with Crippen molar-refractivity contribution in [3.05, 3.63) is 29.3 Å². The van der Waals surface area contributed by atoms with E-state index in [4.69, 9.17) is 17.3 Å². The maximum Gasteiger partial charge on any atom is 0.232 e. The number of nitrogens with zero attached hydrogens (tertiary/aromatic N) is 4. The lowest BCUT2D eigenvalue weighted by molar-refractivity contribution is -0.117. The average molecular weight is 352 g/mol. The molecule has 122 valence electrons. The number of hydrogen-bond donors (Lipinski definition) is 1. The van der Waals surface area contributed by atoms with Crippen molar-refractivity contribution in [3.63, 3.8) is 0 Å². The van der Waals surface area contributed by atoms with Gasteiger partial charge in [-0.2, -0.15) is 0 Å². The van der Waals surface area contributed by atoms with Crippen LogP contribution in [0.2, 0.25) is 5.02 Å². The van der Waals surface area contributed by atoms with Crippen LogP contribution in [0.1, 0.15) is 19.3 Å². The molecule has 1 aliphatic rings. The van der Waals surface area contributed by atoms with Crippen LogP contribution in [0.5, 0.6) is 0 Å². The summed E-state index contributed by atoms with van der Waals surface area (Å²) in [5, 5.41) is 10.1. The first-order valence-corrected chi connectivity index (χ1v) is 8.89. The van der Waals surface area contributed by atoms with Crippen molar-refractivity contribution < 1.29 is 4.79 Å². The Morgan fingerprint density at radius 1 is 1.30 bits per heavy atom. The van der Waals surface area contributed by atoms with E-state index in [0.29, 0.717) is 17.2 Å². The molecule has 2 aromatic rings. The van der Waals surface area contributed by atoms with Crippen LogP contribution in [0.25, 0.3) is 5.69 Å². The summed E-state index contributed by atoms with van der Waals surface area (Å²) >= 11 is 7.61. The summed E-state index contributed by atoms with van der Waals surface area (Å²) in [5.74, 6) is 1.09. The van der Waals surface area contributed by atoms with Crippen molar-refractivity contribution in [2.24, 2.45) is 5.73 Å². The SMILES string of the molecule is NC(=O)CCSc1nnc(N2CCCC2)n1-c1cccc(Cl)c1. The fraction of sp³-hybridized carbons (Fsp3) is 0.400. The number of amides is 1. The molecule has 3 rings (SSSR count). The normalized spacial score (nSPS) is 14.4. The molecule has 0 radical (unpaired) electrons. The lowest BCUT2D eigenvalue weighted by atomic mass is 10.3. The fourth-order valence-electron chi connectivity index (χ4n) is 2.56. The summed E-state index contributed by atoms with van der Waals surface area (Å²) in [6, 6.07) is 7.61. The molecule has 1 saturated heterocycles. The Bertz CT molecular complexity index is 699. The smallest absolute Gasteiger partial charge is 0.232 e. The van der Waals surface area contributed by atoms with Crippen LogP contribution in [0.3, 0.4) is 0 Å². The predicted molar refractivity (Wildman–Crippen MR) is 92.4 cm³/mol. The Kier molecular flexibility index (Phi) is 5.07. The van der Waals surface area contributed by atoms with Gasteiger partial charge in [-0.3, -0.25) is 9.36 Å². The van der Waals surface area contributed by atoms with Gasteiger partial charge in [0.25, 0.3) is 0 Å². The molecule has 6 nitrogen and oxygen atoms in total. The topological polar surface area (TPSA) is 77.0 Å². The Morgan fingerprint density at radius 3 is 2.78 bits per heavy atom. The van der Waals surface area contributed by atoms with Crippen molar-refractivity contribution in [3.8, 4) is 5.69 Å². The lowest BCUT2D eigenvalue weighted by Crippen LogP contribution is -2.22. The van der Waals surface area contributed by atoms with E-state index in [-0.39, 0.29) is 5.91 Å². The zero-order valence-electron chi connectivity index (χ0n) is 12.6. The minimum absolute atomic E-state index is 0.312. The molecule has 1 fully saturated rings. The van der Waals surface area contributed by atoms with Gasteiger partial charge in [-0.05, 0) is 31.0 Å². The summed E-state index contributed by atoms with van der Waals surface area (Å²) < 4.78 is 2.00. The van der Waals surface area contributed by atoms with Crippen LogP contribution in [0, 0.1) is 0 Å². The van der Waals surface area contributed by atoms with Crippen molar-refractivity contribution >= 4 is 35.2 Å². The van der Waals surface area contributed by atoms with Gasteiger partial charge in [0.2, 0.25) is 11.9 Å². The lowest BCUT2D eigenvalue weighted by Gasteiger charge is -2.18. The first kappa shape index (κ1) is 16.1. The summed E-state index contributed by atoms with van der Waals surface area (Å²) in [7, 11) is 0. The second kappa shape index (κ2) is 7.23. The molecule has 0 atom stereocenters. The third kappa shape index (κ3) is 3.79. The molecule has 0 spiro atoms. The molecule has 2 N–H and O–H groups in total. The second-order valence-electron chi connectivity index (χ2n) is 5.36. The molecule has 23 heavy (non-hydrogen) atoms. The Balaban J connectivity index is 1.94. The number of nitrogens with two attached hydrogens (primary N) is 1.